The van der Waals surface area contributed by atoms with Crippen LogP contribution >= 0.6 is 0 Å². The van der Waals surface area contributed by atoms with Gasteiger partial charge in [0.2, 0.25) is 5.91 Å². The number of pyridine rings is 1. The van der Waals surface area contributed by atoms with Crippen molar-refractivity contribution in [2.75, 3.05) is 5.43 Å². The van der Waals surface area contributed by atoms with Crippen molar-refractivity contribution in [3.63, 3.8) is 0 Å². The number of hydrogen-bond acceptors (Lipinski definition) is 4. The zero-order valence-corrected chi connectivity index (χ0v) is 15.0. The topological polar surface area (TPSA) is 76.9 Å². The number of hydrogen-bond donors (Lipinski definition) is 1. The molecule has 29 heavy (non-hydrogen) atoms. The Morgan fingerprint density at radius 2 is 1.66 bits per heavy atom. The minimum Gasteiger partial charge on any atom is -0.273 e. The summed E-state index contributed by atoms with van der Waals surface area (Å²) in [5, 5.41) is 5.19. The van der Waals surface area contributed by atoms with Gasteiger partial charge in [0.05, 0.1) is 17.5 Å². The highest BCUT2D eigenvalue weighted by Crippen LogP contribution is 2.22. The number of halogens is 2. The molecular formula is C21H14F2N4O2. The number of carbonyl (C=O) groups is 1. The summed E-state index contributed by atoms with van der Waals surface area (Å²) >= 11 is 0. The highest BCUT2D eigenvalue weighted by molar-refractivity contribution is 5.93. The lowest BCUT2D eigenvalue weighted by Gasteiger charge is -2.11. The van der Waals surface area contributed by atoms with Crippen molar-refractivity contribution in [3.05, 3.63) is 94.4 Å². The van der Waals surface area contributed by atoms with Crippen LogP contribution in [-0.2, 0) is 11.2 Å². The largest absolute Gasteiger partial charge is 0.294 e. The number of benzene rings is 2. The summed E-state index contributed by atoms with van der Waals surface area (Å²) in [5.74, 6) is -2.22. The summed E-state index contributed by atoms with van der Waals surface area (Å²) < 4.78 is 26.7. The van der Waals surface area contributed by atoms with Gasteiger partial charge in [-0.2, -0.15) is 0 Å². The first kappa shape index (κ1) is 18.4. The first-order valence-corrected chi connectivity index (χ1v) is 8.69. The van der Waals surface area contributed by atoms with Crippen LogP contribution < -0.4 is 11.0 Å². The van der Waals surface area contributed by atoms with Gasteiger partial charge in [0.15, 0.2) is 0 Å². The van der Waals surface area contributed by atoms with E-state index in [1.54, 1.807) is 48.7 Å². The molecule has 0 aliphatic carbocycles. The first-order chi connectivity index (χ1) is 14.0. The fourth-order valence-electron chi connectivity index (χ4n) is 3.01. The quantitative estimate of drug-likeness (QED) is 0.579. The summed E-state index contributed by atoms with van der Waals surface area (Å²) in [6.07, 6.45) is 1.27. The predicted molar refractivity (Wildman–Crippen MR) is 104 cm³/mol. The molecule has 0 unspecified atom stereocenters. The van der Waals surface area contributed by atoms with E-state index in [2.05, 4.69) is 15.5 Å². The Morgan fingerprint density at radius 1 is 0.966 bits per heavy atom. The monoisotopic (exact) mass is 392 g/mol. The molecule has 0 spiro atoms. The first-order valence-electron chi connectivity index (χ1n) is 8.69. The summed E-state index contributed by atoms with van der Waals surface area (Å²) in [6, 6.07) is 14.9. The Labute approximate surface area is 163 Å². The number of rotatable bonds is 4. The van der Waals surface area contributed by atoms with Crippen LogP contribution in [0.2, 0.25) is 0 Å². The maximum absolute atomic E-state index is 13.3. The van der Waals surface area contributed by atoms with E-state index in [1.807, 2.05) is 0 Å². The zero-order chi connectivity index (χ0) is 20.4. The van der Waals surface area contributed by atoms with Gasteiger partial charge >= 0.3 is 0 Å². The van der Waals surface area contributed by atoms with E-state index in [0.29, 0.717) is 22.2 Å². The molecule has 2 aromatic carbocycles. The summed E-state index contributed by atoms with van der Waals surface area (Å²) in [6.45, 7) is 0. The second kappa shape index (κ2) is 7.59. The van der Waals surface area contributed by atoms with E-state index in [0.717, 1.165) is 23.0 Å². The van der Waals surface area contributed by atoms with Crippen molar-refractivity contribution in [3.8, 4) is 11.4 Å². The lowest BCUT2D eigenvalue weighted by Crippen LogP contribution is -2.36. The Balaban J connectivity index is 1.73. The normalized spacial score (nSPS) is 10.8. The van der Waals surface area contributed by atoms with Crippen molar-refractivity contribution in [1.29, 1.82) is 0 Å². The zero-order valence-electron chi connectivity index (χ0n) is 15.0. The van der Waals surface area contributed by atoms with Crippen LogP contribution in [0.1, 0.15) is 5.56 Å². The fraction of sp³-hybridized carbons (Fsp3) is 0.0476. The molecule has 0 aliphatic heterocycles. The molecular weight excluding hydrogens is 378 g/mol. The second-order valence-electron chi connectivity index (χ2n) is 6.32. The Morgan fingerprint density at radius 3 is 2.34 bits per heavy atom. The Bertz CT molecular complexity index is 1250. The fourth-order valence-corrected chi connectivity index (χ4v) is 3.01. The number of aromatic nitrogens is 3. The van der Waals surface area contributed by atoms with E-state index in [4.69, 9.17) is 0 Å². The average molecular weight is 392 g/mol. The number of carbonyl (C=O) groups excluding carboxylic acids is 1. The second-order valence-corrected chi connectivity index (χ2v) is 6.32. The van der Waals surface area contributed by atoms with Crippen molar-refractivity contribution in [1.82, 2.24) is 14.9 Å². The number of amides is 1. The van der Waals surface area contributed by atoms with Crippen molar-refractivity contribution in [2.24, 2.45) is 0 Å². The van der Waals surface area contributed by atoms with Crippen LogP contribution in [0.4, 0.5) is 8.78 Å². The molecule has 4 aromatic rings. The molecule has 0 radical (unpaired) electrons. The maximum atomic E-state index is 13.3. The van der Waals surface area contributed by atoms with Crippen molar-refractivity contribution in [2.45, 2.75) is 6.42 Å². The minimum atomic E-state index is -0.786. The smallest absolute Gasteiger partial charge is 0.273 e. The SMILES string of the molecule is O=C(Cc1cc(F)cc(F)c1)Nn1nc(-c2ccccn2)c2ccccc2c1=O. The van der Waals surface area contributed by atoms with E-state index < -0.39 is 23.1 Å². The van der Waals surface area contributed by atoms with Crippen LogP contribution in [0.15, 0.2) is 71.7 Å². The third-order valence-corrected chi connectivity index (χ3v) is 4.23. The molecule has 0 bridgehead atoms. The molecule has 1 N–H and O–H groups in total. The van der Waals surface area contributed by atoms with Gasteiger partial charge in [-0.25, -0.2) is 14.2 Å². The van der Waals surface area contributed by atoms with E-state index in [9.17, 15) is 18.4 Å². The molecule has 1 amide bonds. The van der Waals surface area contributed by atoms with Crippen LogP contribution in [0, 0.1) is 11.6 Å². The van der Waals surface area contributed by atoms with Crippen molar-refractivity contribution < 1.29 is 13.6 Å². The summed E-state index contributed by atoms with van der Waals surface area (Å²) in [7, 11) is 0. The van der Waals surface area contributed by atoms with Crippen LogP contribution in [0.5, 0.6) is 0 Å². The van der Waals surface area contributed by atoms with E-state index in [-0.39, 0.29) is 12.0 Å². The Hall–Kier alpha value is -3.94. The standard InChI is InChI=1S/C21H14F2N4O2/c22-14-9-13(10-15(23)12-14)11-19(28)25-27-21(29)17-6-2-1-5-16(17)20(26-27)18-7-3-4-8-24-18/h1-10,12H,11H2,(H,25,28). The van der Waals surface area contributed by atoms with Gasteiger partial charge in [0.25, 0.3) is 5.56 Å². The molecule has 0 aliphatic rings. The van der Waals surface area contributed by atoms with Gasteiger partial charge in [-0.1, -0.05) is 24.3 Å². The van der Waals surface area contributed by atoms with Crippen LogP contribution in [-0.4, -0.2) is 20.8 Å². The van der Waals surface area contributed by atoms with Crippen LogP contribution in [0.25, 0.3) is 22.2 Å². The molecule has 6 nitrogen and oxygen atoms in total. The van der Waals surface area contributed by atoms with Gasteiger partial charge in [-0.15, -0.1) is 9.89 Å². The van der Waals surface area contributed by atoms with E-state index in [1.165, 1.54) is 0 Å². The molecule has 144 valence electrons. The van der Waals surface area contributed by atoms with Gasteiger partial charge in [0, 0.05) is 17.6 Å². The molecule has 0 atom stereocenters. The average Bonchev–Trinajstić information content (AvgIpc) is 2.70. The van der Waals surface area contributed by atoms with Crippen molar-refractivity contribution >= 4 is 16.7 Å². The molecule has 4 rings (SSSR count). The maximum Gasteiger partial charge on any atom is 0.294 e. The summed E-state index contributed by atoms with van der Waals surface area (Å²) in [5.41, 5.74) is 2.93. The molecule has 0 fully saturated rings. The highest BCUT2D eigenvalue weighted by Gasteiger charge is 2.15. The molecule has 0 saturated heterocycles. The van der Waals surface area contributed by atoms with Gasteiger partial charge in [-0.05, 0) is 35.9 Å². The van der Waals surface area contributed by atoms with Crippen LogP contribution in [0.3, 0.4) is 0 Å². The third kappa shape index (κ3) is 3.86. The predicted octanol–water partition coefficient (Wildman–Crippen LogP) is 3.05. The number of fused-ring (bicyclic) bond motifs is 1. The molecule has 0 saturated carbocycles. The summed E-state index contributed by atoms with van der Waals surface area (Å²) in [4.78, 5) is 30.2. The third-order valence-electron chi connectivity index (χ3n) is 4.23. The van der Waals surface area contributed by atoms with Gasteiger partial charge in [0.1, 0.15) is 17.3 Å². The van der Waals surface area contributed by atoms with E-state index >= 15 is 0 Å². The lowest BCUT2D eigenvalue weighted by atomic mass is 10.1. The Kier molecular flexibility index (Phi) is 4.82. The minimum absolute atomic E-state index is 0.138. The molecule has 2 aromatic heterocycles. The van der Waals surface area contributed by atoms with Gasteiger partial charge < -0.3 is 0 Å². The molecule has 8 heteroatoms. The lowest BCUT2D eigenvalue weighted by molar-refractivity contribution is -0.116. The van der Waals surface area contributed by atoms with Gasteiger partial charge in [-0.3, -0.25) is 14.6 Å². The highest BCUT2D eigenvalue weighted by atomic mass is 19.1. The number of nitrogens with one attached hydrogen (secondary N) is 1. The number of nitrogens with zero attached hydrogens (tertiary/aromatic N) is 3. The molecule has 2 heterocycles.